The predicted octanol–water partition coefficient (Wildman–Crippen LogP) is 2.98. The predicted molar refractivity (Wildman–Crippen MR) is 77.1 cm³/mol. The Morgan fingerprint density at radius 1 is 1.22 bits per heavy atom. The number of nitrogens with one attached hydrogen (secondary N) is 1. The van der Waals surface area contributed by atoms with Crippen LogP contribution in [0.1, 0.15) is 37.6 Å². The third kappa shape index (κ3) is 3.70. The molecule has 1 fully saturated rings. The molecule has 0 unspecified atom stereocenters. The lowest BCUT2D eigenvalue weighted by molar-refractivity contribution is 0.219. The molecule has 3 nitrogen and oxygen atoms in total. The van der Waals surface area contributed by atoms with E-state index in [2.05, 4.69) is 48.1 Å². The van der Waals surface area contributed by atoms with Gasteiger partial charge in [-0.05, 0) is 51.8 Å². The lowest BCUT2D eigenvalue weighted by Crippen LogP contribution is -2.39. The molecule has 3 heteroatoms. The van der Waals surface area contributed by atoms with Crippen molar-refractivity contribution in [2.45, 2.75) is 46.1 Å². The molecule has 100 valence electrons. The van der Waals surface area contributed by atoms with Gasteiger partial charge in [0, 0.05) is 36.2 Å². The summed E-state index contributed by atoms with van der Waals surface area (Å²) in [5, 5.41) is 3.66. The highest BCUT2D eigenvalue weighted by Crippen LogP contribution is 2.18. The van der Waals surface area contributed by atoms with Crippen molar-refractivity contribution < 1.29 is 0 Å². The van der Waals surface area contributed by atoms with Crippen LogP contribution in [0.25, 0.3) is 0 Å². The van der Waals surface area contributed by atoms with Gasteiger partial charge in [-0.3, -0.25) is 4.98 Å². The smallest absolute Gasteiger partial charge is 0.0396 e. The highest BCUT2D eigenvalue weighted by Gasteiger charge is 2.18. The number of aromatic nitrogens is 1. The molecule has 0 radical (unpaired) electrons. The number of nitrogens with zero attached hydrogens (tertiary/aromatic N) is 2. The zero-order chi connectivity index (χ0) is 13.0. The van der Waals surface area contributed by atoms with E-state index in [1.165, 1.54) is 44.6 Å². The molecule has 1 N–H and O–H groups in total. The first kappa shape index (κ1) is 13.3. The van der Waals surface area contributed by atoms with Crippen molar-refractivity contribution in [1.82, 2.24) is 9.88 Å². The standard InChI is InChI=1S/C15H25N3/c1-4-7-18-8-5-14(6-9-18)17-15-10-12(2)16-13(3)11-15/h10-11,14H,4-9H2,1-3H3,(H,16,17). The summed E-state index contributed by atoms with van der Waals surface area (Å²) in [7, 11) is 0. The number of hydrogen-bond acceptors (Lipinski definition) is 3. The van der Waals surface area contributed by atoms with Crippen LogP contribution in [0.4, 0.5) is 5.69 Å². The first-order valence-electron chi connectivity index (χ1n) is 7.11. The molecule has 0 aliphatic carbocycles. The van der Waals surface area contributed by atoms with Gasteiger partial charge in [0.05, 0.1) is 0 Å². The number of hydrogen-bond donors (Lipinski definition) is 1. The minimum Gasteiger partial charge on any atom is -0.382 e. The van der Waals surface area contributed by atoms with Gasteiger partial charge in [0.2, 0.25) is 0 Å². The Morgan fingerprint density at radius 3 is 2.39 bits per heavy atom. The molecule has 0 saturated carbocycles. The number of aryl methyl sites for hydroxylation is 2. The van der Waals surface area contributed by atoms with Crippen molar-refractivity contribution in [1.29, 1.82) is 0 Å². The van der Waals surface area contributed by atoms with Crippen LogP contribution >= 0.6 is 0 Å². The highest BCUT2D eigenvalue weighted by atomic mass is 15.1. The molecule has 2 rings (SSSR count). The number of pyridine rings is 1. The molecule has 0 aromatic carbocycles. The molecular formula is C15H25N3. The van der Waals surface area contributed by atoms with Crippen molar-refractivity contribution >= 4 is 5.69 Å². The molecule has 18 heavy (non-hydrogen) atoms. The second-order valence-corrected chi connectivity index (χ2v) is 5.40. The maximum Gasteiger partial charge on any atom is 0.0396 e. The number of rotatable bonds is 4. The van der Waals surface area contributed by atoms with Crippen molar-refractivity contribution in [2.24, 2.45) is 0 Å². The van der Waals surface area contributed by atoms with Crippen molar-refractivity contribution in [3.05, 3.63) is 23.5 Å². The van der Waals surface area contributed by atoms with Crippen LogP contribution in [0.2, 0.25) is 0 Å². The third-order valence-electron chi connectivity index (χ3n) is 3.58. The molecule has 1 saturated heterocycles. The first-order valence-corrected chi connectivity index (χ1v) is 7.11. The van der Waals surface area contributed by atoms with Crippen LogP contribution in [0.15, 0.2) is 12.1 Å². The molecule has 1 aliphatic heterocycles. The van der Waals surface area contributed by atoms with E-state index in [-0.39, 0.29) is 0 Å². The average Bonchev–Trinajstić information content (AvgIpc) is 2.31. The van der Waals surface area contributed by atoms with Gasteiger partial charge in [-0.25, -0.2) is 0 Å². The Kier molecular flexibility index (Phi) is 4.59. The summed E-state index contributed by atoms with van der Waals surface area (Å²) in [6.07, 6.45) is 3.77. The van der Waals surface area contributed by atoms with E-state index in [1.54, 1.807) is 0 Å². The third-order valence-corrected chi connectivity index (χ3v) is 3.58. The van der Waals surface area contributed by atoms with E-state index in [0.29, 0.717) is 6.04 Å². The van der Waals surface area contributed by atoms with Gasteiger partial charge in [-0.1, -0.05) is 6.92 Å². The summed E-state index contributed by atoms with van der Waals surface area (Å²) in [6, 6.07) is 4.91. The molecular weight excluding hydrogens is 222 g/mol. The van der Waals surface area contributed by atoms with Crippen molar-refractivity contribution in [3.8, 4) is 0 Å². The number of likely N-dealkylation sites (tertiary alicyclic amines) is 1. The Bertz CT molecular complexity index is 361. The highest BCUT2D eigenvalue weighted by molar-refractivity contribution is 5.46. The second kappa shape index (κ2) is 6.19. The van der Waals surface area contributed by atoms with Gasteiger partial charge >= 0.3 is 0 Å². The lowest BCUT2D eigenvalue weighted by atomic mass is 10.0. The normalized spacial score (nSPS) is 17.9. The van der Waals surface area contributed by atoms with Crippen LogP contribution in [-0.4, -0.2) is 35.6 Å². The van der Waals surface area contributed by atoms with Gasteiger partial charge in [-0.15, -0.1) is 0 Å². The number of piperidine rings is 1. The zero-order valence-corrected chi connectivity index (χ0v) is 11.9. The zero-order valence-electron chi connectivity index (χ0n) is 11.9. The average molecular weight is 247 g/mol. The van der Waals surface area contributed by atoms with Crippen molar-refractivity contribution in [2.75, 3.05) is 25.0 Å². The Morgan fingerprint density at radius 2 is 1.83 bits per heavy atom. The summed E-state index contributed by atoms with van der Waals surface area (Å²) in [6.45, 7) is 10.1. The second-order valence-electron chi connectivity index (χ2n) is 5.40. The van der Waals surface area contributed by atoms with E-state index in [0.717, 1.165) is 11.4 Å². The van der Waals surface area contributed by atoms with E-state index < -0.39 is 0 Å². The minimum absolute atomic E-state index is 0.624. The van der Waals surface area contributed by atoms with Gasteiger partial charge in [0.1, 0.15) is 0 Å². The topological polar surface area (TPSA) is 28.2 Å². The van der Waals surface area contributed by atoms with Gasteiger partial charge in [0.15, 0.2) is 0 Å². The summed E-state index contributed by atoms with van der Waals surface area (Å²) in [4.78, 5) is 6.99. The maximum atomic E-state index is 4.42. The van der Waals surface area contributed by atoms with Gasteiger partial charge in [0.25, 0.3) is 0 Å². The molecule has 1 aromatic heterocycles. The summed E-state index contributed by atoms with van der Waals surface area (Å²) < 4.78 is 0. The van der Waals surface area contributed by atoms with E-state index in [9.17, 15) is 0 Å². The van der Waals surface area contributed by atoms with Crippen LogP contribution in [0.3, 0.4) is 0 Å². The molecule has 1 aliphatic rings. The monoisotopic (exact) mass is 247 g/mol. The maximum absolute atomic E-state index is 4.42. The Hall–Kier alpha value is -1.09. The molecule has 0 atom stereocenters. The van der Waals surface area contributed by atoms with Crippen LogP contribution < -0.4 is 5.32 Å². The fourth-order valence-corrected chi connectivity index (χ4v) is 2.77. The number of anilines is 1. The van der Waals surface area contributed by atoms with E-state index in [4.69, 9.17) is 0 Å². The molecule has 0 amide bonds. The van der Waals surface area contributed by atoms with E-state index in [1.807, 2.05) is 0 Å². The van der Waals surface area contributed by atoms with Crippen LogP contribution in [-0.2, 0) is 0 Å². The van der Waals surface area contributed by atoms with Crippen LogP contribution in [0.5, 0.6) is 0 Å². The quantitative estimate of drug-likeness (QED) is 0.886. The summed E-state index contributed by atoms with van der Waals surface area (Å²) in [5.74, 6) is 0. The van der Waals surface area contributed by atoms with Crippen molar-refractivity contribution in [3.63, 3.8) is 0 Å². The summed E-state index contributed by atoms with van der Waals surface area (Å²) >= 11 is 0. The lowest BCUT2D eigenvalue weighted by Gasteiger charge is -2.32. The minimum atomic E-state index is 0.624. The van der Waals surface area contributed by atoms with Crippen LogP contribution in [0, 0.1) is 13.8 Å². The largest absolute Gasteiger partial charge is 0.382 e. The first-order chi connectivity index (χ1) is 8.67. The fourth-order valence-electron chi connectivity index (χ4n) is 2.77. The Labute approximate surface area is 111 Å². The molecule has 1 aromatic rings. The summed E-state index contributed by atoms with van der Waals surface area (Å²) in [5.41, 5.74) is 3.43. The van der Waals surface area contributed by atoms with Gasteiger partial charge in [-0.2, -0.15) is 0 Å². The molecule has 0 bridgehead atoms. The SMILES string of the molecule is CCCN1CCC(Nc2cc(C)nc(C)c2)CC1. The molecule has 0 spiro atoms. The van der Waals surface area contributed by atoms with Gasteiger partial charge < -0.3 is 10.2 Å². The van der Waals surface area contributed by atoms with E-state index >= 15 is 0 Å². The Balaban J connectivity index is 1.87. The molecule has 2 heterocycles. The fraction of sp³-hybridized carbons (Fsp3) is 0.667.